The first-order chi connectivity index (χ1) is 7.58. The first kappa shape index (κ1) is 10.2. The van der Waals surface area contributed by atoms with Crippen LogP contribution in [0.5, 0.6) is 5.75 Å². The van der Waals surface area contributed by atoms with Gasteiger partial charge in [-0.3, -0.25) is 0 Å². The Balaban J connectivity index is 2.47. The average molecular weight is 218 g/mol. The van der Waals surface area contributed by atoms with E-state index in [2.05, 4.69) is 4.98 Å². The quantitative estimate of drug-likeness (QED) is 0.800. The zero-order valence-corrected chi connectivity index (χ0v) is 8.58. The second-order valence-corrected chi connectivity index (χ2v) is 3.41. The number of aryl methyl sites for hydroxylation is 1. The highest BCUT2D eigenvalue weighted by atomic mass is 16.4. The normalized spacial score (nSPS) is 10.3. The summed E-state index contributed by atoms with van der Waals surface area (Å²) in [5.74, 6) is -0.338. The molecule has 82 valence electrons. The number of nitrogens with zero attached hydrogens (tertiary/aromatic N) is 2. The van der Waals surface area contributed by atoms with Crippen molar-refractivity contribution in [3.63, 3.8) is 0 Å². The fourth-order valence-corrected chi connectivity index (χ4v) is 1.45. The van der Waals surface area contributed by atoms with Gasteiger partial charge >= 0.3 is 5.97 Å². The molecule has 1 aromatic heterocycles. The van der Waals surface area contributed by atoms with Crippen LogP contribution in [0.3, 0.4) is 0 Å². The molecule has 0 radical (unpaired) electrons. The van der Waals surface area contributed by atoms with E-state index < -0.39 is 5.97 Å². The molecule has 2 rings (SSSR count). The number of carbonyl (C=O) groups is 1. The van der Waals surface area contributed by atoms with Crippen LogP contribution < -0.4 is 0 Å². The summed E-state index contributed by atoms with van der Waals surface area (Å²) in [5, 5.41) is 17.9. The molecular formula is C11H10N2O3. The molecule has 0 fully saturated rings. The summed E-state index contributed by atoms with van der Waals surface area (Å²) < 4.78 is 1.63. The van der Waals surface area contributed by atoms with Gasteiger partial charge in [-0.25, -0.2) is 9.78 Å². The Kier molecular flexibility index (Phi) is 2.36. The number of aromatic nitrogens is 2. The van der Waals surface area contributed by atoms with Crippen molar-refractivity contribution < 1.29 is 15.0 Å². The summed E-state index contributed by atoms with van der Waals surface area (Å²) in [6, 6.07) is 6.43. The minimum atomic E-state index is -1.05. The van der Waals surface area contributed by atoms with Crippen molar-refractivity contribution in [1.29, 1.82) is 0 Å². The molecule has 5 heteroatoms. The van der Waals surface area contributed by atoms with Gasteiger partial charge in [-0.05, 0) is 24.3 Å². The SMILES string of the molecule is Cn1cc(C(=O)O)nc1-c1ccc(O)cc1. The van der Waals surface area contributed by atoms with E-state index in [4.69, 9.17) is 10.2 Å². The summed E-state index contributed by atoms with van der Waals surface area (Å²) in [6.45, 7) is 0. The topological polar surface area (TPSA) is 75.4 Å². The maximum Gasteiger partial charge on any atom is 0.356 e. The van der Waals surface area contributed by atoms with Crippen molar-refractivity contribution in [2.75, 3.05) is 0 Å². The second-order valence-electron chi connectivity index (χ2n) is 3.41. The number of benzene rings is 1. The van der Waals surface area contributed by atoms with Crippen LogP contribution in [-0.4, -0.2) is 25.7 Å². The summed E-state index contributed by atoms with van der Waals surface area (Å²) >= 11 is 0. The maximum absolute atomic E-state index is 10.7. The van der Waals surface area contributed by atoms with E-state index in [1.807, 2.05) is 0 Å². The Labute approximate surface area is 91.6 Å². The number of rotatable bonds is 2. The Morgan fingerprint density at radius 3 is 2.44 bits per heavy atom. The molecule has 5 nitrogen and oxygen atoms in total. The Bertz CT molecular complexity index is 529. The monoisotopic (exact) mass is 218 g/mol. The van der Waals surface area contributed by atoms with E-state index in [1.165, 1.54) is 18.3 Å². The number of aromatic carboxylic acids is 1. The number of hydrogen-bond donors (Lipinski definition) is 2. The van der Waals surface area contributed by atoms with Gasteiger partial charge in [-0.2, -0.15) is 0 Å². The maximum atomic E-state index is 10.7. The van der Waals surface area contributed by atoms with Crippen LogP contribution in [-0.2, 0) is 7.05 Å². The van der Waals surface area contributed by atoms with E-state index in [-0.39, 0.29) is 11.4 Å². The molecule has 0 spiro atoms. The third-order valence-corrected chi connectivity index (χ3v) is 2.22. The lowest BCUT2D eigenvalue weighted by Gasteiger charge is -2.00. The number of imidazole rings is 1. The number of phenols is 1. The molecule has 0 saturated heterocycles. The van der Waals surface area contributed by atoms with Crippen LogP contribution in [0.2, 0.25) is 0 Å². The van der Waals surface area contributed by atoms with Crippen molar-refractivity contribution in [2.24, 2.45) is 7.05 Å². The van der Waals surface area contributed by atoms with Crippen molar-refractivity contribution in [3.05, 3.63) is 36.2 Å². The van der Waals surface area contributed by atoms with Gasteiger partial charge in [0.05, 0.1) is 0 Å². The van der Waals surface area contributed by atoms with E-state index in [1.54, 1.807) is 23.7 Å². The Hall–Kier alpha value is -2.30. The first-order valence-electron chi connectivity index (χ1n) is 4.64. The zero-order chi connectivity index (χ0) is 11.7. The minimum Gasteiger partial charge on any atom is -0.508 e. The third-order valence-electron chi connectivity index (χ3n) is 2.22. The summed E-state index contributed by atoms with van der Waals surface area (Å²) in [4.78, 5) is 14.7. The molecule has 0 aliphatic rings. The predicted molar refractivity (Wildman–Crippen MR) is 57.3 cm³/mol. The highest BCUT2D eigenvalue weighted by molar-refractivity contribution is 5.86. The predicted octanol–water partition coefficient (Wildman–Crippen LogP) is 1.49. The summed E-state index contributed by atoms with van der Waals surface area (Å²) in [5.41, 5.74) is 0.762. The molecule has 0 atom stereocenters. The van der Waals surface area contributed by atoms with E-state index in [0.717, 1.165) is 5.56 Å². The van der Waals surface area contributed by atoms with Crippen molar-refractivity contribution >= 4 is 5.97 Å². The molecule has 16 heavy (non-hydrogen) atoms. The lowest BCUT2D eigenvalue weighted by atomic mass is 10.2. The van der Waals surface area contributed by atoms with Gasteiger partial charge in [0.2, 0.25) is 0 Å². The third kappa shape index (κ3) is 1.75. The molecule has 2 aromatic rings. The highest BCUT2D eigenvalue weighted by Crippen LogP contribution is 2.20. The van der Waals surface area contributed by atoms with Gasteiger partial charge in [0.25, 0.3) is 0 Å². The van der Waals surface area contributed by atoms with E-state index >= 15 is 0 Å². The molecule has 0 unspecified atom stereocenters. The number of carboxylic acids is 1. The smallest absolute Gasteiger partial charge is 0.356 e. The van der Waals surface area contributed by atoms with E-state index in [9.17, 15) is 4.79 Å². The molecule has 2 N–H and O–H groups in total. The molecule has 0 bridgehead atoms. The fourth-order valence-electron chi connectivity index (χ4n) is 1.45. The molecule has 0 aliphatic heterocycles. The zero-order valence-electron chi connectivity index (χ0n) is 8.58. The van der Waals surface area contributed by atoms with Gasteiger partial charge < -0.3 is 14.8 Å². The van der Waals surface area contributed by atoms with Crippen LogP contribution in [0.15, 0.2) is 30.5 Å². The Morgan fingerprint density at radius 1 is 1.31 bits per heavy atom. The van der Waals surface area contributed by atoms with Gasteiger partial charge in [0, 0.05) is 18.8 Å². The fraction of sp³-hybridized carbons (Fsp3) is 0.0909. The largest absolute Gasteiger partial charge is 0.508 e. The molecular weight excluding hydrogens is 208 g/mol. The van der Waals surface area contributed by atoms with Gasteiger partial charge in [-0.1, -0.05) is 0 Å². The van der Waals surface area contributed by atoms with Crippen LogP contribution in [0.4, 0.5) is 0 Å². The van der Waals surface area contributed by atoms with Crippen LogP contribution in [0.1, 0.15) is 10.5 Å². The molecule has 0 amide bonds. The Morgan fingerprint density at radius 2 is 1.94 bits per heavy atom. The van der Waals surface area contributed by atoms with Crippen molar-refractivity contribution in [3.8, 4) is 17.1 Å². The number of carboxylic acid groups (broad SMARTS) is 1. The van der Waals surface area contributed by atoms with Gasteiger partial charge in [-0.15, -0.1) is 0 Å². The number of hydrogen-bond acceptors (Lipinski definition) is 3. The average Bonchev–Trinajstić information content (AvgIpc) is 2.62. The molecule has 1 aromatic carbocycles. The molecule has 0 saturated carbocycles. The number of aromatic hydroxyl groups is 1. The lowest BCUT2D eigenvalue weighted by Crippen LogP contribution is -1.95. The van der Waals surface area contributed by atoms with Crippen molar-refractivity contribution in [1.82, 2.24) is 9.55 Å². The number of phenolic OH excluding ortho intramolecular Hbond substituents is 1. The first-order valence-corrected chi connectivity index (χ1v) is 4.64. The van der Waals surface area contributed by atoms with E-state index in [0.29, 0.717) is 5.82 Å². The summed E-state index contributed by atoms with van der Waals surface area (Å²) in [6.07, 6.45) is 1.45. The highest BCUT2D eigenvalue weighted by Gasteiger charge is 2.12. The van der Waals surface area contributed by atoms with Crippen LogP contribution in [0, 0.1) is 0 Å². The molecule has 1 heterocycles. The van der Waals surface area contributed by atoms with Gasteiger partial charge in [0.15, 0.2) is 5.69 Å². The van der Waals surface area contributed by atoms with Crippen LogP contribution in [0.25, 0.3) is 11.4 Å². The molecule has 0 aliphatic carbocycles. The lowest BCUT2D eigenvalue weighted by molar-refractivity contribution is 0.0691. The minimum absolute atomic E-state index is 0.00516. The van der Waals surface area contributed by atoms with Gasteiger partial charge in [0.1, 0.15) is 11.6 Å². The standard InChI is InChI=1S/C11H10N2O3/c1-13-6-9(11(15)16)12-10(13)7-2-4-8(14)5-3-7/h2-6,14H,1H3,(H,15,16). The second kappa shape index (κ2) is 3.69. The summed E-state index contributed by atoms with van der Waals surface area (Å²) in [7, 11) is 1.72. The van der Waals surface area contributed by atoms with Crippen molar-refractivity contribution in [2.45, 2.75) is 0 Å². The van der Waals surface area contributed by atoms with Crippen LogP contribution >= 0.6 is 0 Å².